The second-order valence-electron chi connectivity index (χ2n) is 6.28. The van der Waals surface area contributed by atoms with E-state index in [0.717, 1.165) is 21.2 Å². The van der Waals surface area contributed by atoms with Crippen LogP contribution in [0.5, 0.6) is 0 Å². The Morgan fingerprint density at radius 2 is 1.16 bits per heavy atom. The first-order valence-electron chi connectivity index (χ1n) is 8.48. The summed E-state index contributed by atoms with van der Waals surface area (Å²) in [7, 11) is 1.48. The van der Waals surface area contributed by atoms with Gasteiger partial charge in [-0.25, -0.2) is 4.99 Å². The molecule has 5 aliphatic heterocycles. The maximum atomic E-state index is 6.46. The summed E-state index contributed by atoms with van der Waals surface area (Å²) in [6.07, 6.45) is 0. The van der Waals surface area contributed by atoms with Gasteiger partial charge in [0.05, 0.1) is 0 Å². The van der Waals surface area contributed by atoms with Crippen molar-refractivity contribution in [3.05, 3.63) is 71.8 Å². The minimum absolute atomic E-state index is 0.348. The van der Waals surface area contributed by atoms with Gasteiger partial charge in [0.25, 0.3) is 0 Å². The Kier molecular flexibility index (Phi) is 6.90. The van der Waals surface area contributed by atoms with Crippen LogP contribution >= 0.6 is 92.0 Å². The second kappa shape index (κ2) is 8.79. The van der Waals surface area contributed by atoms with Crippen LogP contribution in [0.3, 0.4) is 0 Å². The molecule has 31 heavy (non-hydrogen) atoms. The lowest BCUT2D eigenvalue weighted by atomic mass is 10.2. The van der Waals surface area contributed by atoms with Crippen LogP contribution in [0.15, 0.2) is 65.7 Å². The van der Waals surface area contributed by atoms with Gasteiger partial charge in [-0.05, 0) is 75.5 Å². The molecule has 4 fully saturated rings. The monoisotopic (exact) mass is 682 g/mol. The minimum Gasteiger partial charge on any atom is -0.232 e. The van der Waals surface area contributed by atoms with Crippen LogP contribution in [0.2, 0.25) is 0 Å². The highest BCUT2D eigenvalue weighted by Gasteiger charge is 2.65. The number of benzene rings is 2. The van der Waals surface area contributed by atoms with Crippen molar-refractivity contribution < 1.29 is 0 Å². The second-order valence-corrected chi connectivity index (χ2v) is 60.6. The van der Waals surface area contributed by atoms with Crippen molar-refractivity contribution in [2.24, 2.45) is 4.99 Å². The van der Waals surface area contributed by atoms with E-state index in [2.05, 4.69) is 52.4 Å². The number of nitrogens with zero attached hydrogens (tertiary/aromatic N) is 2. The number of rotatable bonds is 3. The zero-order valence-electron chi connectivity index (χ0n) is 14.9. The van der Waals surface area contributed by atoms with E-state index in [1.165, 1.54) is 0 Å². The van der Waals surface area contributed by atoms with Crippen LogP contribution in [0.4, 0.5) is 0 Å². The van der Waals surface area contributed by atoms with Crippen molar-refractivity contribution in [1.82, 2.24) is 3.85 Å². The van der Waals surface area contributed by atoms with Crippen molar-refractivity contribution in [1.29, 1.82) is 0 Å². The average Bonchev–Trinajstić information content (AvgIpc) is 3.10. The van der Waals surface area contributed by atoms with Crippen molar-refractivity contribution in [2.45, 2.75) is 0 Å². The molecule has 0 radical (unpaired) electrons. The van der Waals surface area contributed by atoms with Gasteiger partial charge in [0.2, 0.25) is 0 Å². The van der Waals surface area contributed by atoms with Crippen molar-refractivity contribution in [3.63, 3.8) is 0 Å². The Bertz CT molecular complexity index is 1300. The van der Waals surface area contributed by atoms with E-state index in [4.69, 9.17) is 52.2 Å². The third-order valence-electron chi connectivity index (χ3n) is 4.15. The zero-order valence-corrected chi connectivity index (χ0v) is 27.5. The summed E-state index contributed by atoms with van der Waals surface area (Å²) in [6, 6.07) is 20.9. The maximum absolute atomic E-state index is 6.46. The van der Waals surface area contributed by atoms with E-state index in [1.54, 1.807) is 0 Å². The Hall–Kier alpha value is 2.99. The third kappa shape index (κ3) is 4.39. The average molecular weight is 683 g/mol. The van der Waals surface area contributed by atoms with Crippen molar-refractivity contribution >= 4 is 149 Å². The summed E-state index contributed by atoms with van der Waals surface area (Å²) in [4.78, 5) is 6.26. The molecule has 2 aromatic rings. The molecule has 2 aromatic carbocycles. The number of aliphatic imine (C=N–C) groups is 1. The summed E-state index contributed by atoms with van der Waals surface area (Å²) in [5, 5.41) is 1.05. The molecule has 2 nitrogen and oxygen atoms in total. The predicted octanol–water partition coefficient (Wildman–Crippen LogP) is 10.4. The lowest BCUT2D eigenvalue weighted by molar-refractivity contribution is 1.29. The van der Waals surface area contributed by atoms with E-state index in [-0.39, 0.29) is 9.70 Å². The molecule has 17 heteroatoms. The molecule has 162 valence electrons. The molecule has 0 aliphatic carbocycles. The molecule has 0 N–H and O–H groups in total. The summed E-state index contributed by atoms with van der Waals surface area (Å²) in [6.45, 7) is 0. The molecule has 5 heterocycles. The topological polar surface area (TPSA) is 15.6 Å². The van der Waals surface area contributed by atoms with Crippen LogP contribution < -0.4 is 0 Å². The van der Waals surface area contributed by atoms with Crippen molar-refractivity contribution in [3.8, 4) is 0 Å². The number of hydrogen-bond donors (Lipinski definition) is 0. The molecule has 0 saturated carbocycles. The number of hydrogen-bond acceptors (Lipinski definition) is 11. The Morgan fingerprint density at radius 1 is 0.677 bits per heavy atom. The molecule has 1 atom stereocenters. The largest absolute Gasteiger partial charge is 0.232 e. The first-order chi connectivity index (χ1) is 14.7. The standard InChI is InChI=1S/C14H10N2P4S11/c21-17-16(18(22)28-19(23,26-17)30-20(24,27-17)29-18)31-14(12-9-5-2-6-10-12)15-13(25-31)11-7-3-1-4-8-11/h1-10H. The van der Waals surface area contributed by atoms with Crippen LogP contribution in [0, 0.1) is 0 Å². The molecule has 5 aliphatic rings. The zero-order chi connectivity index (χ0) is 21.5. The molecule has 0 amide bonds. The molecule has 0 spiro atoms. The van der Waals surface area contributed by atoms with Gasteiger partial charge in [-0.1, -0.05) is 108 Å². The van der Waals surface area contributed by atoms with Crippen LogP contribution in [-0.4, -0.2) is 13.9 Å². The fraction of sp³-hybridized carbons (Fsp3) is 0. The van der Waals surface area contributed by atoms with Gasteiger partial charge in [-0.15, -0.1) is 3.85 Å². The smallest absolute Gasteiger partial charge is 0.148 e. The van der Waals surface area contributed by atoms with Crippen LogP contribution in [-0.2, 0) is 47.2 Å². The summed E-state index contributed by atoms with van der Waals surface area (Å²) in [5.41, 5.74) is 2.29. The van der Waals surface area contributed by atoms with E-state index in [9.17, 15) is 0 Å². The van der Waals surface area contributed by atoms with E-state index in [0.29, 0.717) is 0 Å². The van der Waals surface area contributed by atoms with Gasteiger partial charge in [-0.3, -0.25) is 0 Å². The fourth-order valence-electron chi connectivity index (χ4n) is 3.00. The van der Waals surface area contributed by atoms with E-state index in [1.807, 2.05) is 77.9 Å². The van der Waals surface area contributed by atoms with Crippen LogP contribution in [0.1, 0.15) is 11.1 Å². The molecule has 0 aromatic heterocycles. The molecule has 4 saturated heterocycles. The highest BCUT2D eigenvalue weighted by molar-refractivity contribution is 9.71. The van der Waals surface area contributed by atoms with Gasteiger partial charge in [0.15, 0.2) is 0 Å². The SMILES string of the molecule is S=P12SP3(=S)SP(=S)(S1)N(S1=C(c4ccccc4)N=C(c4ccccc4)S1)P(=S)(S2)S3. The van der Waals surface area contributed by atoms with Gasteiger partial charge >= 0.3 is 0 Å². The molecule has 7 rings (SSSR count). The van der Waals surface area contributed by atoms with Gasteiger partial charge in [-0.2, -0.15) is 0 Å². The van der Waals surface area contributed by atoms with Gasteiger partial charge in [0.1, 0.15) is 26.5 Å². The normalized spacial score (nSPS) is 41.5. The maximum Gasteiger partial charge on any atom is 0.148 e. The Balaban J connectivity index is 1.53. The molecule has 1 unspecified atom stereocenters. The van der Waals surface area contributed by atoms with E-state index < -0.39 is 16.5 Å². The Labute approximate surface area is 226 Å². The highest BCUT2D eigenvalue weighted by atomic mass is 34.0. The first-order valence-corrected chi connectivity index (χ1v) is 32.2. The molecule has 4 bridgehead atoms. The summed E-state index contributed by atoms with van der Waals surface area (Å²) < 4.78 is -4.95. The summed E-state index contributed by atoms with van der Waals surface area (Å²) in [5.74, 6) is 0. The van der Waals surface area contributed by atoms with Gasteiger partial charge < -0.3 is 0 Å². The third-order valence-corrected chi connectivity index (χ3v) is 93.3. The molecular formula is C14H10N2P4S11. The van der Waals surface area contributed by atoms with Gasteiger partial charge in [0, 0.05) is 11.1 Å². The fourth-order valence-corrected chi connectivity index (χ4v) is 189. The predicted molar refractivity (Wildman–Crippen MR) is 176 cm³/mol. The lowest BCUT2D eigenvalue weighted by Gasteiger charge is -2.57. The quantitative estimate of drug-likeness (QED) is 0.175. The first kappa shape index (κ1) is 24.3. The Morgan fingerprint density at radius 3 is 1.68 bits per heavy atom. The molecular weight excluding hydrogens is 673 g/mol. The lowest BCUT2D eigenvalue weighted by Crippen LogP contribution is -2.12. The van der Waals surface area contributed by atoms with Crippen molar-refractivity contribution in [2.75, 3.05) is 0 Å². The summed E-state index contributed by atoms with van der Waals surface area (Å²) >= 11 is 34.7. The highest BCUT2D eigenvalue weighted by Crippen LogP contribution is 3.27. The van der Waals surface area contributed by atoms with E-state index >= 15 is 0 Å². The minimum atomic E-state index is -2.03. The van der Waals surface area contributed by atoms with Crippen LogP contribution in [0.25, 0.3) is 0 Å².